The highest BCUT2D eigenvalue weighted by molar-refractivity contribution is 7.19. The van der Waals surface area contributed by atoms with Crippen molar-refractivity contribution < 1.29 is 4.74 Å². The lowest BCUT2D eigenvalue weighted by molar-refractivity contribution is 0.415. The number of hydrogen-bond donors (Lipinski definition) is 0. The van der Waals surface area contributed by atoms with Crippen molar-refractivity contribution in [3.8, 4) is 28.7 Å². The minimum atomic E-state index is 0.856. The Hall–Kier alpha value is -4.58. The maximum Gasteiger partial charge on any atom is 0.118 e. The van der Waals surface area contributed by atoms with Crippen molar-refractivity contribution in [3.63, 3.8) is 0 Å². The van der Waals surface area contributed by atoms with Gasteiger partial charge in [0.05, 0.1) is 7.11 Å². The Morgan fingerprint density at radius 1 is 0.605 bits per heavy atom. The van der Waals surface area contributed by atoms with E-state index in [2.05, 4.69) is 97.6 Å². The van der Waals surface area contributed by atoms with Crippen LogP contribution in [0.5, 0.6) is 5.75 Å². The van der Waals surface area contributed by atoms with Gasteiger partial charge < -0.3 is 4.74 Å². The lowest BCUT2D eigenvalue weighted by Crippen LogP contribution is -1.92. The third-order valence-corrected chi connectivity index (χ3v) is 8.24. The van der Waals surface area contributed by atoms with Crippen LogP contribution in [0.1, 0.15) is 16.0 Å². The number of hydrogen-bond acceptors (Lipinski definition) is 2. The molecule has 0 radical (unpaired) electrons. The first kappa shape index (κ1) is 22.6. The molecule has 0 fully saturated rings. The SMILES string of the molecule is COc1ccc(-c2c3cc4ccccc4cc3c(C#Cc3ccccc3)c3cc4sc(C)cc4cc23)cc1. The van der Waals surface area contributed by atoms with E-state index >= 15 is 0 Å². The molecule has 2 heteroatoms. The van der Waals surface area contributed by atoms with E-state index < -0.39 is 0 Å². The van der Waals surface area contributed by atoms with Gasteiger partial charge in [0.1, 0.15) is 5.75 Å². The maximum atomic E-state index is 5.47. The third-order valence-electron chi connectivity index (χ3n) is 7.23. The molecular weight excluding hydrogens is 480 g/mol. The topological polar surface area (TPSA) is 9.23 Å². The van der Waals surface area contributed by atoms with E-state index in [1.54, 1.807) is 7.11 Å². The largest absolute Gasteiger partial charge is 0.497 e. The van der Waals surface area contributed by atoms with Gasteiger partial charge in [-0.2, -0.15) is 0 Å². The van der Waals surface area contributed by atoms with Gasteiger partial charge in [-0.25, -0.2) is 0 Å². The molecule has 0 bridgehead atoms. The number of benzene rings is 6. The van der Waals surface area contributed by atoms with E-state index in [1.165, 1.54) is 58.4 Å². The first-order valence-corrected chi connectivity index (χ1v) is 13.5. The second-order valence-electron chi connectivity index (χ2n) is 9.63. The van der Waals surface area contributed by atoms with Crippen LogP contribution >= 0.6 is 11.3 Å². The smallest absolute Gasteiger partial charge is 0.118 e. The number of methoxy groups -OCH3 is 1. The molecule has 6 aromatic carbocycles. The molecule has 180 valence electrons. The molecule has 7 rings (SSSR count). The minimum absolute atomic E-state index is 0.856. The monoisotopic (exact) mass is 504 g/mol. The van der Waals surface area contributed by atoms with Crippen molar-refractivity contribution in [2.45, 2.75) is 6.92 Å². The Labute approximate surface area is 225 Å². The van der Waals surface area contributed by atoms with Crippen molar-refractivity contribution >= 4 is 53.7 Å². The molecule has 0 aliphatic heterocycles. The summed E-state index contributed by atoms with van der Waals surface area (Å²) in [5.74, 6) is 7.93. The summed E-state index contributed by atoms with van der Waals surface area (Å²) in [6.45, 7) is 2.18. The average molecular weight is 505 g/mol. The van der Waals surface area contributed by atoms with Gasteiger partial charge in [0.15, 0.2) is 0 Å². The molecule has 0 spiro atoms. The van der Waals surface area contributed by atoms with Crippen LogP contribution in [0.25, 0.3) is 53.5 Å². The van der Waals surface area contributed by atoms with Gasteiger partial charge in [-0.1, -0.05) is 66.4 Å². The molecule has 0 unspecified atom stereocenters. The molecule has 0 aliphatic carbocycles. The number of thiophene rings is 1. The van der Waals surface area contributed by atoms with E-state index in [9.17, 15) is 0 Å². The summed E-state index contributed by atoms with van der Waals surface area (Å²) in [5, 5.41) is 8.52. The molecule has 38 heavy (non-hydrogen) atoms. The summed E-state index contributed by atoms with van der Waals surface area (Å²) in [6, 6.07) is 38.9. The molecule has 0 saturated heterocycles. The van der Waals surface area contributed by atoms with Crippen molar-refractivity contribution in [2.24, 2.45) is 0 Å². The zero-order valence-electron chi connectivity index (χ0n) is 21.2. The molecule has 0 aliphatic rings. The summed E-state index contributed by atoms with van der Waals surface area (Å²) < 4.78 is 6.76. The van der Waals surface area contributed by atoms with Crippen molar-refractivity contribution in [3.05, 3.63) is 125 Å². The second-order valence-corrected chi connectivity index (χ2v) is 10.9. The fourth-order valence-electron chi connectivity index (χ4n) is 5.44. The van der Waals surface area contributed by atoms with Gasteiger partial charge >= 0.3 is 0 Å². The Morgan fingerprint density at radius 3 is 1.95 bits per heavy atom. The molecule has 1 heterocycles. The van der Waals surface area contributed by atoms with E-state index in [4.69, 9.17) is 4.74 Å². The number of aryl methyl sites for hydroxylation is 1. The summed E-state index contributed by atoms with van der Waals surface area (Å²) >= 11 is 1.84. The minimum Gasteiger partial charge on any atom is -0.497 e. The third kappa shape index (κ3) is 3.80. The van der Waals surface area contributed by atoms with Crippen LogP contribution in [0.4, 0.5) is 0 Å². The number of rotatable bonds is 2. The van der Waals surface area contributed by atoms with Crippen LogP contribution in [-0.2, 0) is 0 Å². The van der Waals surface area contributed by atoms with Crippen molar-refractivity contribution in [1.82, 2.24) is 0 Å². The predicted octanol–water partition coefficient (Wildman–Crippen LogP) is 9.74. The van der Waals surface area contributed by atoms with Crippen LogP contribution in [0.15, 0.2) is 109 Å². The summed E-state index contributed by atoms with van der Waals surface area (Å²) in [6.07, 6.45) is 0. The van der Waals surface area contributed by atoms with E-state index in [-0.39, 0.29) is 0 Å². The highest BCUT2D eigenvalue weighted by Gasteiger charge is 2.17. The molecule has 1 aromatic heterocycles. The average Bonchev–Trinajstić information content (AvgIpc) is 3.33. The molecular formula is C36H24OS. The normalized spacial score (nSPS) is 11.2. The Bertz CT molecular complexity index is 2050. The Kier molecular flexibility index (Phi) is 5.39. The Morgan fingerprint density at radius 2 is 1.24 bits per heavy atom. The van der Waals surface area contributed by atoms with Gasteiger partial charge in [-0.3, -0.25) is 0 Å². The lowest BCUT2D eigenvalue weighted by atomic mass is 9.86. The number of ether oxygens (including phenoxy) is 1. The zero-order valence-corrected chi connectivity index (χ0v) is 22.0. The standard InChI is InChI=1S/C36H24OS/c1-23-18-28-21-34-32(22-35(28)38-23)30(17-12-24-8-4-3-5-9-24)31-19-26-10-6-7-11-27(26)20-33(31)36(34)25-13-15-29(37-2)16-14-25/h3-11,13-16,18-22H,1-2H3. The predicted molar refractivity (Wildman–Crippen MR) is 163 cm³/mol. The quantitative estimate of drug-likeness (QED) is 0.168. The highest BCUT2D eigenvalue weighted by Crippen LogP contribution is 2.43. The fraction of sp³-hybridized carbons (Fsp3) is 0.0556. The van der Waals surface area contributed by atoms with Crippen LogP contribution in [0.2, 0.25) is 0 Å². The molecule has 0 atom stereocenters. The highest BCUT2D eigenvalue weighted by atomic mass is 32.1. The molecule has 0 N–H and O–H groups in total. The van der Waals surface area contributed by atoms with Gasteiger partial charge in [0.2, 0.25) is 0 Å². The molecule has 1 nitrogen and oxygen atoms in total. The first-order valence-electron chi connectivity index (χ1n) is 12.7. The Balaban J connectivity index is 1.68. The summed E-state index contributed by atoms with van der Waals surface area (Å²) in [5.41, 5.74) is 4.50. The summed E-state index contributed by atoms with van der Waals surface area (Å²) in [4.78, 5) is 1.31. The van der Waals surface area contributed by atoms with Gasteiger partial charge in [0.25, 0.3) is 0 Å². The van der Waals surface area contributed by atoms with Gasteiger partial charge in [-0.05, 0) is 105 Å². The van der Waals surface area contributed by atoms with Crippen molar-refractivity contribution in [2.75, 3.05) is 7.11 Å². The van der Waals surface area contributed by atoms with Gasteiger partial charge in [-0.15, -0.1) is 11.3 Å². The van der Waals surface area contributed by atoms with Crippen LogP contribution < -0.4 is 4.74 Å². The van der Waals surface area contributed by atoms with E-state index in [0.29, 0.717) is 0 Å². The van der Waals surface area contributed by atoms with E-state index in [0.717, 1.165) is 16.9 Å². The van der Waals surface area contributed by atoms with Crippen LogP contribution in [-0.4, -0.2) is 7.11 Å². The fourth-order valence-corrected chi connectivity index (χ4v) is 6.38. The molecule has 0 saturated carbocycles. The van der Waals surface area contributed by atoms with Crippen LogP contribution in [0, 0.1) is 18.8 Å². The zero-order chi connectivity index (χ0) is 25.6. The van der Waals surface area contributed by atoms with Gasteiger partial charge in [0, 0.05) is 26.1 Å². The second kappa shape index (κ2) is 9.06. The first-order chi connectivity index (χ1) is 18.7. The lowest BCUT2D eigenvalue weighted by Gasteiger charge is -2.16. The number of fused-ring (bicyclic) bond motifs is 4. The van der Waals surface area contributed by atoms with E-state index in [1.807, 2.05) is 41.7 Å². The van der Waals surface area contributed by atoms with Crippen molar-refractivity contribution in [1.29, 1.82) is 0 Å². The molecule has 0 amide bonds. The van der Waals surface area contributed by atoms with Crippen LogP contribution in [0.3, 0.4) is 0 Å². The summed E-state index contributed by atoms with van der Waals surface area (Å²) in [7, 11) is 1.71. The maximum absolute atomic E-state index is 5.47. The molecule has 7 aromatic rings.